The summed E-state index contributed by atoms with van der Waals surface area (Å²) in [6.07, 6.45) is -0.873. The van der Waals surface area contributed by atoms with Gasteiger partial charge in [-0.15, -0.1) is 11.8 Å². The highest BCUT2D eigenvalue weighted by atomic mass is 32.2. The van der Waals surface area contributed by atoms with Crippen LogP contribution in [0.5, 0.6) is 5.75 Å². The molecular weight excluding hydrogens is 589 g/mol. The average molecular weight is 631 g/mol. The maximum Gasteiger partial charge on any atom is 0.406 e. The number of nitrogens with one attached hydrogen (secondary N) is 2. The van der Waals surface area contributed by atoms with E-state index in [2.05, 4.69) is 27.4 Å². The third-order valence-electron chi connectivity index (χ3n) is 7.53. The number of fused-ring (bicyclic) bond motifs is 1. The van der Waals surface area contributed by atoms with Crippen LogP contribution < -0.4 is 15.4 Å². The number of esters is 1. The van der Waals surface area contributed by atoms with Crippen LogP contribution in [0.15, 0.2) is 47.4 Å². The molecular formula is C33H41F3N4O3S. The van der Waals surface area contributed by atoms with Crippen molar-refractivity contribution in [2.24, 2.45) is 5.92 Å². The van der Waals surface area contributed by atoms with Crippen LogP contribution in [0.4, 0.5) is 24.5 Å². The van der Waals surface area contributed by atoms with Crippen molar-refractivity contribution in [3.05, 3.63) is 48.2 Å². The Hall–Kier alpha value is -3.49. The van der Waals surface area contributed by atoms with E-state index in [9.17, 15) is 18.0 Å². The zero-order chi connectivity index (χ0) is 31.9. The number of carbonyl (C=O) groups is 1. The molecule has 1 aliphatic rings. The summed E-state index contributed by atoms with van der Waals surface area (Å²) < 4.78 is 53.1. The monoisotopic (exact) mass is 630 g/mol. The van der Waals surface area contributed by atoms with Gasteiger partial charge >= 0.3 is 12.1 Å². The van der Waals surface area contributed by atoms with Gasteiger partial charge in [0, 0.05) is 41.6 Å². The number of likely N-dealkylation sites (tertiary alicyclic amines) is 1. The lowest BCUT2D eigenvalue weighted by Gasteiger charge is -2.34. The number of piperidine rings is 1. The zero-order valence-corrected chi connectivity index (χ0v) is 26.7. The van der Waals surface area contributed by atoms with E-state index in [0.717, 1.165) is 42.2 Å². The number of rotatable bonds is 11. The normalized spacial score (nSPS) is 15.1. The Kier molecular flexibility index (Phi) is 11.4. The number of carbonyl (C=O) groups excluding carboxylic acids is 1. The van der Waals surface area contributed by atoms with Crippen molar-refractivity contribution in [2.45, 2.75) is 63.4 Å². The van der Waals surface area contributed by atoms with E-state index in [1.54, 1.807) is 37.1 Å². The van der Waals surface area contributed by atoms with Gasteiger partial charge in [-0.2, -0.15) is 13.2 Å². The molecule has 1 aromatic heterocycles. The van der Waals surface area contributed by atoms with Crippen molar-refractivity contribution < 1.29 is 27.4 Å². The molecule has 0 radical (unpaired) electrons. The van der Waals surface area contributed by atoms with Crippen molar-refractivity contribution in [3.8, 4) is 17.6 Å². The highest BCUT2D eigenvalue weighted by Crippen LogP contribution is 2.32. The van der Waals surface area contributed by atoms with Crippen LogP contribution in [0, 0.1) is 17.8 Å². The Bertz CT molecular complexity index is 1490. The van der Waals surface area contributed by atoms with Crippen LogP contribution in [0.2, 0.25) is 0 Å². The molecule has 1 aliphatic heterocycles. The SMILES string of the molecule is COc1cc(SC)ccc1NCC#Cc1cc2c(NC3CCN(CC(C)OC(=O)C(C)C)CC3)cccc2n1CC(F)(F)F. The van der Waals surface area contributed by atoms with Gasteiger partial charge in [0.05, 0.1) is 36.5 Å². The van der Waals surface area contributed by atoms with Gasteiger partial charge in [0.2, 0.25) is 0 Å². The molecule has 238 valence electrons. The number of methoxy groups -OCH3 is 1. The number of benzene rings is 2. The lowest BCUT2D eigenvalue weighted by molar-refractivity contribution is -0.153. The lowest BCUT2D eigenvalue weighted by Crippen LogP contribution is -2.43. The summed E-state index contributed by atoms with van der Waals surface area (Å²) in [5, 5.41) is 7.49. The first-order valence-electron chi connectivity index (χ1n) is 14.8. The molecule has 0 saturated carbocycles. The molecule has 4 rings (SSSR count). The molecule has 0 bridgehead atoms. The molecule has 2 aromatic carbocycles. The molecule has 1 fully saturated rings. The minimum absolute atomic E-state index is 0.156. The van der Waals surface area contributed by atoms with Crippen molar-refractivity contribution in [2.75, 3.05) is 50.2 Å². The first-order chi connectivity index (χ1) is 21.0. The van der Waals surface area contributed by atoms with Crippen LogP contribution in [0.1, 0.15) is 39.3 Å². The second kappa shape index (κ2) is 15.0. The van der Waals surface area contributed by atoms with Crippen molar-refractivity contribution in [3.63, 3.8) is 0 Å². The number of anilines is 2. The summed E-state index contributed by atoms with van der Waals surface area (Å²) in [7, 11) is 1.59. The maximum atomic E-state index is 13.6. The lowest BCUT2D eigenvalue weighted by atomic mass is 10.0. The van der Waals surface area contributed by atoms with Gasteiger partial charge in [-0.3, -0.25) is 9.69 Å². The van der Waals surface area contributed by atoms with Gasteiger partial charge < -0.3 is 24.7 Å². The molecule has 0 amide bonds. The number of hydrogen-bond donors (Lipinski definition) is 2. The Morgan fingerprint density at radius 3 is 2.52 bits per heavy atom. The van der Waals surface area contributed by atoms with E-state index in [4.69, 9.17) is 9.47 Å². The molecule has 3 aromatic rings. The fraction of sp³-hybridized carbons (Fsp3) is 0.485. The second-order valence-electron chi connectivity index (χ2n) is 11.3. The van der Waals surface area contributed by atoms with Gasteiger partial charge in [0.15, 0.2) is 0 Å². The van der Waals surface area contributed by atoms with Gasteiger partial charge in [0.25, 0.3) is 0 Å². The van der Waals surface area contributed by atoms with E-state index in [1.165, 1.54) is 4.57 Å². The quantitative estimate of drug-likeness (QED) is 0.136. The van der Waals surface area contributed by atoms with Crippen molar-refractivity contribution >= 4 is 40.0 Å². The Labute approximate surface area is 261 Å². The number of aromatic nitrogens is 1. The first kappa shape index (κ1) is 33.4. The highest BCUT2D eigenvalue weighted by Gasteiger charge is 2.30. The third-order valence-corrected chi connectivity index (χ3v) is 8.25. The molecule has 1 saturated heterocycles. The van der Waals surface area contributed by atoms with Crippen molar-refractivity contribution in [1.82, 2.24) is 9.47 Å². The molecule has 2 heterocycles. The first-order valence-corrected chi connectivity index (χ1v) is 16.0. The largest absolute Gasteiger partial charge is 0.495 e. The van der Waals surface area contributed by atoms with Crippen LogP contribution in [0.25, 0.3) is 10.9 Å². The molecule has 1 atom stereocenters. The summed E-state index contributed by atoms with van der Waals surface area (Å²) in [5.74, 6) is 6.28. The number of hydrogen-bond acceptors (Lipinski definition) is 7. The molecule has 0 spiro atoms. The fourth-order valence-electron chi connectivity index (χ4n) is 5.30. The fourth-order valence-corrected chi connectivity index (χ4v) is 5.73. The summed E-state index contributed by atoms with van der Waals surface area (Å²) in [6.45, 7) is 7.01. The highest BCUT2D eigenvalue weighted by molar-refractivity contribution is 7.98. The summed E-state index contributed by atoms with van der Waals surface area (Å²) in [6, 6.07) is 13.1. The molecule has 2 N–H and O–H groups in total. The van der Waals surface area contributed by atoms with Crippen LogP contribution in [0.3, 0.4) is 0 Å². The average Bonchev–Trinajstić information content (AvgIpc) is 3.32. The van der Waals surface area contributed by atoms with E-state index < -0.39 is 12.7 Å². The minimum Gasteiger partial charge on any atom is -0.495 e. The minimum atomic E-state index is -4.40. The van der Waals surface area contributed by atoms with E-state index in [1.807, 2.05) is 51.3 Å². The van der Waals surface area contributed by atoms with Gasteiger partial charge in [-0.25, -0.2) is 0 Å². The molecule has 1 unspecified atom stereocenters. The maximum absolute atomic E-state index is 13.6. The van der Waals surface area contributed by atoms with Gasteiger partial charge in [-0.1, -0.05) is 25.8 Å². The standard InChI is InChI=1S/C33H41F3N4O3S/c1-22(2)32(41)43-23(3)20-39-16-13-24(14-17-39)38-28-9-6-10-30-27(28)18-25(40(30)21-33(34,35)36)8-7-15-37-29-12-11-26(44-5)19-31(29)42-4/h6,9-12,18-19,22-24,37-38H,13-17,20-21H2,1-5H3. The molecule has 0 aliphatic carbocycles. The van der Waals surface area contributed by atoms with Gasteiger partial charge in [-0.05, 0) is 68.3 Å². The third kappa shape index (κ3) is 9.02. The Morgan fingerprint density at radius 1 is 1.11 bits per heavy atom. The predicted octanol–water partition coefficient (Wildman–Crippen LogP) is 6.86. The summed E-state index contributed by atoms with van der Waals surface area (Å²) in [5.41, 5.74) is 2.34. The number of ether oxygens (including phenoxy) is 2. The van der Waals surface area contributed by atoms with E-state index in [0.29, 0.717) is 28.9 Å². The van der Waals surface area contributed by atoms with Gasteiger partial charge in [0.1, 0.15) is 18.4 Å². The topological polar surface area (TPSA) is 67.8 Å². The number of thioether (sulfide) groups is 1. The van der Waals surface area contributed by atoms with E-state index >= 15 is 0 Å². The van der Waals surface area contributed by atoms with E-state index in [-0.39, 0.29) is 30.6 Å². The Balaban J connectivity index is 1.46. The van der Waals surface area contributed by atoms with Crippen LogP contribution >= 0.6 is 11.8 Å². The number of nitrogens with zero attached hydrogens (tertiary/aromatic N) is 2. The predicted molar refractivity (Wildman–Crippen MR) is 172 cm³/mol. The number of alkyl halides is 3. The molecule has 11 heteroatoms. The summed E-state index contributed by atoms with van der Waals surface area (Å²) in [4.78, 5) is 15.2. The van der Waals surface area contributed by atoms with Crippen molar-refractivity contribution in [1.29, 1.82) is 0 Å². The second-order valence-corrected chi connectivity index (χ2v) is 12.2. The Morgan fingerprint density at radius 2 is 1.86 bits per heavy atom. The zero-order valence-electron chi connectivity index (χ0n) is 25.9. The molecule has 7 nitrogen and oxygen atoms in total. The number of halogens is 3. The molecule has 44 heavy (non-hydrogen) atoms. The van der Waals surface area contributed by atoms with Crippen LogP contribution in [-0.4, -0.2) is 73.3 Å². The smallest absolute Gasteiger partial charge is 0.406 e. The van der Waals surface area contributed by atoms with Crippen LogP contribution in [-0.2, 0) is 16.1 Å². The summed E-state index contributed by atoms with van der Waals surface area (Å²) >= 11 is 1.60.